The van der Waals surface area contributed by atoms with Crippen molar-refractivity contribution < 1.29 is 19.1 Å². The molecule has 0 radical (unpaired) electrons. The maximum absolute atomic E-state index is 9.62. The molecule has 1 aromatic heterocycles. The standard InChI is InChI=1S/C5H4O4/c6-3-8-5-2-1-4(7)9-5/h1-3,7H. The molecule has 4 heteroatoms. The highest BCUT2D eigenvalue weighted by Gasteiger charge is 1.97. The van der Waals surface area contributed by atoms with Crippen LogP contribution in [0.2, 0.25) is 0 Å². The van der Waals surface area contributed by atoms with Crippen molar-refractivity contribution >= 4 is 6.47 Å². The van der Waals surface area contributed by atoms with Crippen LogP contribution in [0.25, 0.3) is 0 Å². The van der Waals surface area contributed by atoms with Crippen LogP contribution in [-0.4, -0.2) is 11.6 Å². The lowest BCUT2D eigenvalue weighted by atomic mass is 10.6. The molecule has 0 aliphatic carbocycles. The number of hydrogen-bond acceptors (Lipinski definition) is 4. The van der Waals surface area contributed by atoms with Crippen LogP contribution in [0.1, 0.15) is 0 Å². The predicted octanol–water partition coefficient (Wildman–Crippen LogP) is 0.520. The minimum atomic E-state index is -0.271. The smallest absolute Gasteiger partial charge is 0.300 e. The SMILES string of the molecule is O=COc1ccc(O)o1. The Hall–Kier alpha value is -1.45. The number of hydrogen-bond donors (Lipinski definition) is 1. The van der Waals surface area contributed by atoms with E-state index in [0.29, 0.717) is 0 Å². The van der Waals surface area contributed by atoms with Crippen molar-refractivity contribution in [1.82, 2.24) is 0 Å². The first-order chi connectivity index (χ1) is 4.33. The molecule has 1 rings (SSSR count). The first-order valence-corrected chi connectivity index (χ1v) is 2.22. The van der Waals surface area contributed by atoms with Crippen LogP contribution < -0.4 is 4.74 Å². The molecule has 1 heterocycles. The minimum Gasteiger partial charge on any atom is -0.481 e. The summed E-state index contributed by atoms with van der Waals surface area (Å²) >= 11 is 0. The molecule has 0 fully saturated rings. The normalized spacial score (nSPS) is 8.89. The van der Waals surface area contributed by atoms with Crippen LogP contribution in [0.15, 0.2) is 16.5 Å². The van der Waals surface area contributed by atoms with Crippen LogP contribution in [0.3, 0.4) is 0 Å². The van der Waals surface area contributed by atoms with Gasteiger partial charge in [0.05, 0.1) is 0 Å². The Bertz CT molecular complexity index is 202. The third kappa shape index (κ3) is 1.22. The van der Waals surface area contributed by atoms with E-state index in [1.54, 1.807) is 0 Å². The van der Waals surface area contributed by atoms with Gasteiger partial charge in [-0.2, -0.15) is 0 Å². The molecule has 48 valence electrons. The van der Waals surface area contributed by atoms with E-state index in [-0.39, 0.29) is 18.4 Å². The van der Waals surface area contributed by atoms with E-state index < -0.39 is 0 Å². The van der Waals surface area contributed by atoms with E-state index in [1.807, 2.05) is 0 Å². The summed E-state index contributed by atoms with van der Waals surface area (Å²) in [4.78, 5) is 9.62. The van der Waals surface area contributed by atoms with Gasteiger partial charge >= 0.3 is 6.47 Å². The fraction of sp³-hybridized carbons (Fsp3) is 0. The van der Waals surface area contributed by atoms with E-state index in [2.05, 4.69) is 9.15 Å². The molecule has 0 aromatic carbocycles. The van der Waals surface area contributed by atoms with Crippen molar-refractivity contribution in [1.29, 1.82) is 0 Å². The highest BCUT2D eigenvalue weighted by atomic mass is 16.6. The first kappa shape index (κ1) is 5.68. The molecule has 0 atom stereocenters. The van der Waals surface area contributed by atoms with Crippen LogP contribution in [-0.2, 0) is 4.79 Å². The van der Waals surface area contributed by atoms with Gasteiger partial charge in [-0.25, -0.2) is 0 Å². The first-order valence-electron chi connectivity index (χ1n) is 2.22. The largest absolute Gasteiger partial charge is 0.481 e. The number of carbonyl (C=O) groups excluding carboxylic acids is 1. The van der Waals surface area contributed by atoms with Gasteiger partial charge in [0.1, 0.15) is 0 Å². The van der Waals surface area contributed by atoms with Gasteiger partial charge < -0.3 is 14.3 Å². The molecule has 0 spiro atoms. The number of rotatable bonds is 2. The maximum Gasteiger partial charge on any atom is 0.300 e. The Morgan fingerprint density at radius 3 is 2.89 bits per heavy atom. The number of aromatic hydroxyl groups is 1. The predicted molar refractivity (Wildman–Crippen MR) is 27.1 cm³/mol. The number of furan rings is 1. The number of carbonyl (C=O) groups is 1. The summed E-state index contributed by atoms with van der Waals surface area (Å²) in [6, 6.07) is 2.61. The molecular formula is C5H4O4. The second-order valence-electron chi connectivity index (χ2n) is 1.31. The molecule has 4 nitrogen and oxygen atoms in total. The lowest BCUT2D eigenvalue weighted by Crippen LogP contribution is -1.83. The van der Waals surface area contributed by atoms with Gasteiger partial charge in [0.2, 0.25) is 0 Å². The summed E-state index contributed by atoms with van der Waals surface area (Å²) in [6.07, 6.45) is 0. The Balaban J connectivity index is 2.72. The lowest BCUT2D eigenvalue weighted by Gasteiger charge is -1.85. The zero-order valence-electron chi connectivity index (χ0n) is 4.40. The summed E-state index contributed by atoms with van der Waals surface area (Å²) in [6.45, 7) is 0.221. The van der Waals surface area contributed by atoms with Crippen molar-refractivity contribution in [2.45, 2.75) is 0 Å². The highest BCUT2D eigenvalue weighted by molar-refractivity contribution is 5.42. The molecular weight excluding hydrogens is 124 g/mol. The van der Waals surface area contributed by atoms with Crippen LogP contribution in [0.5, 0.6) is 11.9 Å². The van der Waals surface area contributed by atoms with E-state index in [0.717, 1.165) is 0 Å². The summed E-state index contributed by atoms with van der Waals surface area (Å²) < 4.78 is 8.65. The third-order valence-electron chi connectivity index (χ3n) is 0.731. The maximum atomic E-state index is 9.62. The van der Waals surface area contributed by atoms with Gasteiger partial charge in [-0.15, -0.1) is 0 Å². The summed E-state index contributed by atoms with van der Waals surface area (Å²) in [5.74, 6) is -0.283. The average molecular weight is 128 g/mol. The van der Waals surface area contributed by atoms with Crippen molar-refractivity contribution in [2.75, 3.05) is 0 Å². The van der Waals surface area contributed by atoms with Gasteiger partial charge in [0, 0.05) is 12.1 Å². The molecule has 0 saturated carbocycles. The molecule has 0 unspecified atom stereocenters. The van der Waals surface area contributed by atoms with Gasteiger partial charge in [-0.1, -0.05) is 0 Å². The van der Waals surface area contributed by atoms with Crippen LogP contribution >= 0.6 is 0 Å². The van der Waals surface area contributed by atoms with E-state index in [1.165, 1.54) is 12.1 Å². The minimum absolute atomic E-state index is 0.0116. The second kappa shape index (κ2) is 2.21. The fourth-order valence-corrected chi connectivity index (χ4v) is 0.421. The molecule has 0 aliphatic rings. The zero-order valence-corrected chi connectivity index (χ0v) is 4.40. The topological polar surface area (TPSA) is 59.7 Å². The summed E-state index contributed by atoms with van der Waals surface area (Å²) in [5.41, 5.74) is 0. The van der Waals surface area contributed by atoms with Crippen molar-refractivity contribution in [3.05, 3.63) is 12.1 Å². The Morgan fingerprint density at radius 1 is 1.67 bits per heavy atom. The van der Waals surface area contributed by atoms with Crippen molar-refractivity contribution in [3.8, 4) is 11.9 Å². The molecule has 1 aromatic rings. The van der Waals surface area contributed by atoms with Gasteiger partial charge in [0.15, 0.2) is 0 Å². The Kier molecular flexibility index (Phi) is 1.40. The zero-order chi connectivity index (χ0) is 6.69. The number of ether oxygens (including phenoxy) is 1. The Labute approximate surface area is 50.7 Å². The molecule has 0 aliphatic heterocycles. The third-order valence-corrected chi connectivity index (χ3v) is 0.731. The van der Waals surface area contributed by atoms with Crippen molar-refractivity contribution in [2.24, 2.45) is 0 Å². The monoisotopic (exact) mass is 128 g/mol. The van der Waals surface area contributed by atoms with Crippen LogP contribution in [0, 0.1) is 0 Å². The summed E-state index contributed by atoms with van der Waals surface area (Å²) in [5, 5.41) is 8.52. The molecule has 0 bridgehead atoms. The van der Waals surface area contributed by atoms with E-state index in [9.17, 15) is 4.79 Å². The fourth-order valence-electron chi connectivity index (χ4n) is 0.421. The van der Waals surface area contributed by atoms with Gasteiger partial charge in [-0.3, -0.25) is 4.79 Å². The molecule has 0 amide bonds. The second-order valence-corrected chi connectivity index (χ2v) is 1.31. The average Bonchev–Trinajstić information content (AvgIpc) is 2.17. The molecule has 9 heavy (non-hydrogen) atoms. The van der Waals surface area contributed by atoms with Crippen LogP contribution in [0.4, 0.5) is 0 Å². The van der Waals surface area contributed by atoms with Crippen molar-refractivity contribution in [3.63, 3.8) is 0 Å². The Morgan fingerprint density at radius 2 is 2.44 bits per heavy atom. The summed E-state index contributed by atoms with van der Waals surface area (Å²) in [7, 11) is 0. The molecule has 1 N–H and O–H groups in total. The van der Waals surface area contributed by atoms with Gasteiger partial charge in [-0.05, 0) is 0 Å². The molecule has 0 saturated heterocycles. The van der Waals surface area contributed by atoms with E-state index >= 15 is 0 Å². The quantitative estimate of drug-likeness (QED) is 0.590. The highest BCUT2D eigenvalue weighted by Crippen LogP contribution is 2.19. The van der Waals surface area contributed by atoms with E-state index in [4.69, 9.17) is 5.11 Å². The van der Waals surface area contributed by atoms with Gasteiger partial charge in [0.25, 0.3) is 11.9 Å². The lowest BCUT2D eigenvalue weighted by molar-refractivity contribution is -0.121.